The Morgan fingerprint density at radius 1 is 0.914 bits per heavy atom. The SMILES string of the molecule is CCOc1cc(/C=C(\C#N)C(=O)Nc2ccc(C)cc2)ccc1OCc1ccc2ccccc2c1. The molecule has 0 unspecified atom stereocenters. The molecular weight excluding hydrogens is 436 g/mol. The first kappa shape index (κ1) is 23.6. The van der Waals surface area contributed by atoms with Gasteiger partial charge in [0.25, 0.3) is 5.91 Å². The lowest BCUT2D eigenvalue weighted by atomic mass is 10.1. The molecule has 0 spiro atoms. The number of amides is 1. The van der Waals surface area contributed by atoms with E-state index in [4.69, 9.17) is 9.47 Å². The van der Waals surface area contributed by atoms with Crippen molar-refractivity contribution in [1.82, 2.24) is 0 Å². The third-order valence-electron chi connectivity index (χ3n) is 5.46. The predicted octanol–water partition coefficient (Wildman–Crippen LogP) is 6.67. The number of rotatable bonds is 8. The quantitative estimate of drug-likeness (QED) is 0.234. The molecule has 1 amide bonds. The van der Waals surface area contributed by atoms with Crippen molar-refractivity contribution in [3.63, 3.8) is 0 Å². The maximum absolute atomic E-state index is 12.6. The molecule has 0 aliphatic rings. The van der Waals surface area contributed by atoms with Crippen LogP contribution in [0.5, 0.6) is 11.5 Å². The second-order valence-electron chi connectivity index (χ2n) is 8.10. The first-order chi connectivity index (χ1) is 17.1. The smallest absolute Gasteiger partial charge is 0.266 e. The molecule has 0 fully saturated rings. The van der Waals surface area contributed by atoms with E-state index in [9.17, 15) is 10.1 Å². The average Bonchev–Trinajstić information content (AvgIpc) is 2.88. The van der Waals surface area contributed by atoms with Gasteiger partial charge in [-0.1, -0.05) is 60.2 Å². The van der Waals surface area contributed by atoms with Crippen LogP contribution in [0.25, 0.3) is 16.8 Å². The largest absolute Gasteiger partial charge is 0.490 e. The van der Waals surface area contributed by atoms with E-state index in [0.29, 0.717) is 36.0 Å². The molecule has 4 aromatic carbocycles. The number of aryl methyl sites for hydroxylation is 1. The second-order valence-corrected chi connectivity index (χ2v) is 8.10. The third kappa shape index (κ3) is 6.07. The Bertz CT molecular complexity index is 1420. The first-order valence-electron chi connectivity index (χ1n) is 11.4. The summed E-state index contributed by atoms with van der Waals surface area (Å²) in [4.78, 5) is 12.6. The fourth-order valence-electron chi connectivity index (χ4n) is 3.64. The zero-order valence-corrected chi connectivity index (χ0v) is 19.7. The van der Waals surface area contributed by atoms with E-state index in [1.165, 1.54) is 5.39 Å². The zero-order chi connectivity index (χ0) is 24.6. The molecule has 0 radical (unpaired) electrons. The van der Waals surface area contributed by atoms with Gasteiger partial charge in [-0.3, -0.25) is 4.79 Å². The lowest BCUT2D eigenvalue weighted by molar-refractivity contribution is -0.112. The molecule has 0 saturated heterocycles. The second kappa shape index (κ2) is 11.0. The Morgan fingerprint density at radius 3 is 2.43 bits per heavy atom. The van der Waals surface area contributed by atoms with Crippen molar-refractivity contribution >= 4 is 28.4 Å². The van der Waals surface area contributed by atoms with Crippen LogP contribution in [0.2, 0.25) is 0 Å². The number of nitriles is 1. The summed E-state index contributed by atoms with van der Waals surface area (Å²) in [6, 6.07) is 29.2. The molecule has 174 valence electrons. The van der Waals surface area contributed by atoms with Gasteiger partial charge in [0.1, 0.15) is 18.2 Å². The number of ether oxygens (including phenoxy) is 2. The summed E-state index contributed by atoms with van der Waals surface area (Å²) in [6.07, 6.45) is 1.54. The van der Waals surface area contributed by atoms with E-state index in [-0.39, 0.29) is 5.57 Å². The summed E-state index contributed by atoms with van der Waals surface area (Å²) in [5.41, 5.74) is 3.44. The molecule has 35 heavy (non-hydrogen) atoms. The van der Waals surface area contributed by atoms with E-state index >= 15 is 0 Å². The Hall–Kier alpha value is -4.56. The number of hydrogen-bond acceptors (Lipinski definition) is 4. The Kier molecular flexibility index (Phi) is 7.44. The lowest BCUT2D eigenvalue weighted by Gasteiger charge is -2.13. The Morgan fingerprint density at radius 2 is 1.69 bits per heavy atom. The van der Waals surface area contributed by atoms with Gasteiger partial charge in [0.15, 0.2) is 11.5 Å². The highest BCUT2D eigenvalue weighted by Crippen LogP contribution is 2.30. The molecule has 0 bridgehead atoms. The molecule has 1 N–H and O–H groups in total. The van der Waals surface area contributed by atoms with E-state index in [1.54, 1.807) is 36.4 Å². The van der Waals surface area contributed by atoms with Crippen molar-refractivity contribution in [3.8, 4) is 17.6 Å². The lowest BCUT2D eigenvalue weighted by Crippen LogP contribution is -2.13. The molecule has 4 rings (SSSR count). The van der Waals surface area contributed by atoms with E-state index < -0.39 is 5.91 Å². The van der Waals surface area contributed by atoms with E-state index in [2.05, 4.69) is 29.6 Å². The van der Waals surface area contributed by atoms with Crippen LogP contribution in [0.15, 0.2) is 90.5 Å². The van der Waals surface area contributed by atoms with Gasteiger partial charge >= 0.3 is 0 Å². The van der Waals surface area contributed by atoms with Gasteiger partial charge in [0.2, 0.25) is 0 Å². The normalized spacial score (nSPS) is 11.1. The number of nitrogens with zero attached hydrogens (tertiary/aromatic N) is 1. The molecule has 0 atom stereocenters. The number of nitrogens with one attached hydrogen (secondary N) is 1. The van der Waals surface area contributed by atoms with Crippen molar-refractivity contribution in [2.45, 2.75) is 20.5 Å². The zero-order valence-electron chi connectivity index (χ0n) is 19.7. The Balaban J connectivity index is 1.51. The minimum atomic E-state index is -0.467. The molecular formula is C30H26N2O3. The number of hydrogen-bond donors (Lipinski definition) is 1. The summed E-state index contributed by atoms with van der Waals surface area (Å²) < 4.78 is 11.8. The van der Waals surface area contributed by atoms with Gasteiger partial charge in [-0.2, -0.15) is 5.26 Å². The summed E-state index contributed by atoms with van der Waals surface area (Å²) in [5.74, 6) is 0.684. The van der Waals surface area contributed by atoms with Crippen molar-refractivity contribution < 1.29 is 14.3 Å². The van der Waals surface area contributed by atoms with Gasteiger partial charge < -0.3 is 14.8 Å². The van der Waals surface area contributed by atoms with Gasteiger partial charge in [-0.25, -0.2) is 0 Å². The summed E-state index contributed by atoms with van der Waals surface area (Å²) in [6.45, 7) is 4.71. The number of benzene rings is 4. The van der Waals surface area contributed by atoms with Crippen LogP contribution < -0.4 is 14.8 Å². The van der Waals surface area contributed by atoms with Crippen molar-refractivity contribution in [2.75, 3.05) is 11.9 Å². The summed E-state index contributed by atoms with van der Waals surface area (Å²) in [7, 11) is 0. The number of fused-ring (bicyclic) bond motifs is 1. The molecule has 0 saturated carbocycles. The van der Waals surface area contributed by atoms with Crippen molar-refractivity contribution in [2.24, 2.45) is 0 Å². The van der Waals surface area contributed by atoms with Crippen molar-refractivity contribution in [3.05, 3.63) is 107 Å². The third-order valence-corrected chi connectivity index (χ3v) is 5.46. The fourth-order valence-corrected chi connectivity index (χ4v) is 3.64. The predicted molar refractivity (Wildman–Crippen MR) is 139 cm³/mol. The topological polar surface area (TPSA) is 71.3 Å². The molecule has 0 heterocycles. The van der Waals surface area contributed by atoms with Crippen LogP contribution >= 0.6 is 0 Å². The molecule has 5 heteroatoms. The Labute approximate surface area is 205 Å². The number of carbonyl (C=O) groups is 1. The molecule has 0 aliphatic heterocycles. The highest BCUT2D eigenvalue weighted by Gasteiger charge is 2.12. The van der Waals surface area contributed by atoms with Gasteiger partial charge in [-0.15, -0.1) is 0 Å². The van der Waals surface area contributed by atoms with Crippen LogP contribution in [-0.2, 0) is 11.4 Å². The molecule has 0 aromatic heterocycles. The first-order valence-corrected chi connectivity index (χ1v) is 11.4. The van der Waals surface area contributed by atoms with Crippen LogP contribution in [0.4, 0.5) is 5.69 Å². The van der Waals surface area contributed by atoms with Gasteiger partial charge in [0, 0.05) is 5.69 Å². The van der Waals surface area contributed by atoms with E-state index in [0.717, 1.165) is 16.5 Å². The van der Waals surface area contributed by atoms with Crippen molar-refractivity contribution in [1.29, 1.82) is 5.26 Å². The molecule has 0 aliphatic carbocycles. The fraction of sp³-hybridized carbons (Fsp3) is 0.133. The minimum Gasteiger partial charge on any atom is -0.490 e. The minimum absolute atomic E-state index is 0.00199. The highest BCUT2D eigenvalue weighted by molar-refractivity contribution is 6.09. The van der Waals surface area contributed by atoms with Gasteiger partial charge in [0.05, 0.1) is 6.61 Å². The maximum atomic E-state index is 12.6. The molecule has 4 aromatic rings. The average molecular weight is 463 g/mol. The summed E-state index contributed by atoms with van der Waals surface area (Å²) in [5, 5.41) is 14.7. The van der Waals surface area contributed by atoms with Crippen LogP contribution in [-0.4, -0.2) is 12.5 Å². The number of anilines is 1. The van der Waals surface area contributed by atoms with Crippen LogP contribution in [0.1, 0.15) is 23.6 Å². The van der Waals surface area contributed by atoms with Crippen LogP contribution in [0.3, 0.4) is 0 Å². The van der Waals surface area contributed by atoms with E-state index in [1.807, 2.05) is 50.2 Å². The monoisotopic (exact) mass is 462 g/mol. The summed E-state index contributed by atoms with van der Waals surface area (Å²) >= 11 is 0. The maximum Gasteiger partial charge on any atom is 0.266 e. The number of carbonyl (C=O) groups excluding carboxylic acids is 1. The standard InChI is InChI=1S/C30H26N2O3/c1-3-34-29-18-22(16-26(19-31)30(33)32-27-13-8-21(2)9-14-27)11-15-28(29)35-20-23-10-12-24-6-4-5-7-25(24)17-23/h4-18H,3,20H2,1-2H3,(H,32,33)/b26-16+. The molecule has 5 nitrogen and oxygen atoms in total. The highest BCUT2D eigenvalue weighted by atomic mass is 16.5. The van der Waals surface area contributed by atoms with Crippen LogP contribution in [0, 0.1) is 18.3 Å². The van der Waals surface area contributed by atoms with Gasteiger partial charge in [-0.05, 0) is 72.2 Å².